The fourth-order valence-corrected chi connectivity index (χ4v) is 2.70. The maximum Gasteiger partial charge on any atom is 0.410 e. The highest BCUT2D eigenvalue weighted by Crippen LogP contribution is 2.43. The molecular weight excluding hydrogens is 311 g/mol. The van der Waals surface area contributed by atoms with Gasteiger partial charge in [0.1, 0.15) is 5.82 Å². The molecular formula is C15H14F3N3O2. The molecule has 0 radical (unpaired) electrons. The van der Waals surface area contributed by atoms with Gasteiger partial charge in [0.15, 0.2) is 11.7 Å². The smallest absolute Gasteiger partial charge is 0.410 e. The minimum absolute atomic E-state index is 0.0570. The Morgan fingerprint density at radius 3 is 2.57 bits per heavy atom. The third kappa shape index (κ3) is 2.88. The van der Waals surface area contributed by atoms with Crippen molar-refractivity contribution in [3.63, 3.8) is 0 Å². The number of benzene rings is 1. The number of anilines is 1. The van der Waals surface area contributed by atoms with Crippen LogP contribution in [0.5, 0.6) is 0 Å². The quantitative estimate of drug-likeness (QED) is 0.886. The number of rotatable bonds is 2. The number of carbonyl (C=O) groups is 1. The fraction of sp³-hybridized carbons (Fsp3) is 0.333. The summed E-state index contributed by atoms with van der Waals surface area (Å²) in [6.45, 7) is 1.89. The molecule has 0 fully saturated rings. The van der Waals surface area contributed by atoms with Gasteiger partial charge < -0.3 is 10.4 Å². The van der Waals surface area contributed by atoms with Crippen LogP contribution >= 0.6 is 0 Å². The normalized spacial score (nSPS) is 20.7. The Balaban J connectivity index is 2.01. The lowest BCUT2D eigenvalue weighted by Gasteiger charge is -2.33. The molecule has 0 amide bonds. The van der Waals surface area contributed by atoms with E-state index in [1.165, 1.54) is 0 Å². The number of nitrogens with zero attached hydrogens (tertiary/aromatic N) is 2. The van der Waals surface area contributed by atoms with Crippen LogP contribution in [0.1, 0.15) is 40.1 Å². The number of hydrogen-bond donors (Lipinski definition) is 2. The molecule has 3 rings (SSSR count). The molecule has 2 aromatic rings. The molecule has 1 aliphatic rings. The van der Waals surface area contributed by atoms with E-state index in [9.17, 15) is 18.0 Å². The van der Waals surface area contributed by atoms with E-state index in [0.717, 1.165) is 11.6 Å². The van der Waals surface area contributed by atoms with Crippen LogP contribution < -0.4 is 5.32 Å². The summed E-state index contributed by atoms with van der Waals surface area (Å²) in [5.74, 6) is -1.30. The van der Waals surface area contributed by atoms with Crippen molar-refractivity contribution in [1.29, 1.82) is 0 Å². The van der Waals surface area contributed by atoms with Gasteiger partial charge in [0, 0.05) is 12.5 Å². The summed E-state index contributed by atoms with van der Waals surface area (Å²) >= 11 is 0. The molecule has 0 aliphatic carbocycles. The zero-order chi connectivity index (χ0) is 16.8. The van der Waals surface area contributed by atoms with Crippen molar-refractivity contribution in [1.82, 2.24) is 9.78 Å². The second-order valence-corrected chi connectivity index (χ2v) is 5.57. The molecule has 1 aromatic heterocycles. The van der Waals surface area contributed by atoms with Gasteiger partial charge in [0.25, 0.3) is 0 Å². The topological polar surface area (TPSA) is 67.2 Å². The predicted molar refractivity (Wildman–Crippen MR) is 76.4 cm³/mol. The van der Waals surface area contributed by atoms with Crippen LogP contribution in [0.4, 0.5) is 19.0 Å². The van der Waals surface area contributed by atoms with Crippen LogP contribution in [-0.2, 0) is 0 Å². The number of nitrogens with one attached hydrogen (secondary N) is 1. The van der Waals surface area contributed by atoms with Crippen molar-refractivity contribution in [3.05, 3.63) is 47.2 Å². The van der Waals surface area contributed by atoms with E-state index in [2.05, 4.69) is 10.4 Å². The summed E-state index contributed by atoms with van der Waals surface area (Å²) in [5.41, 5.74) is 1.32. The molecule has 23 heavy (non-hydrogen) atoms. The Kier molecular flexibility index (Phi) is 3.54. The van der Waals surface area contributed by atoms with Gasteiger partial charge in [-0.2, -0.15) is 18.3 Å². The standard InChI is InChI=1S/C15H14F3N3O2/c1-8-2-4-9(5-3-8)10-6-12(15(16,17)18)21-13(19-10)7-11(20-21)14(22)23/h2-5,7,10,12,19H,6H2,1H3,(H,22,23)/t10-,12+/m0/s1. The van der Waals surface area contributed by atoms with Crippen LogP contribution in [-0.4, -0.2) is 27.0 Å². The van der Waals surface area contributed by atoms with E-state index in [1.807, 2.05) is 19.1 Å². The molecule has 1 aromatic carbocycles. The largest absolute Gasteiger partial charge is 0.476 e. The summed E-state index contributed by atoms with van der Waals surface area (Å²) in [6, 6.07) is 5.89. The Labute approximate surface area is 129 Å². The maximum absolute atomic E-state index is 13.3. The first-order valence-electron chi connectivity index (χ1n) is 6.98. The first kappa shape index (κ1) is 15.4. The lowest BCUT2D eigenvalue weighted by atomic mass is 9.96. The van der Waals surface area contributed by atoms with Crippen molar-refractivity contribution < 1.29 is 23.1 Å². The molecule has 2 heterocycles. The van der Waals surface area contributed by atoms with Crippen LogP contribution in [0.3, 0.4) is 0 Å². The van der Waals surface area contributed by atoms with Crippen LogP contribution in [0.25, 0.3) is 0 Å². The van der Waals surface area contributed by atoms with Gasteiger partial charge in [-0.15, -0.1) is 0 Å². The van der Waals surface area contributed by atoms with E-state index in [-0.39, 0.29) is 12.2 Å². The molecule has 0 spiro atoms. The highest BCUT2D eigenvalue weighted by molar-refractivity contribution is 5.86. The molecule has 0 bridgehead atoms. The zero-order valence-electron chi connectivity index (χ0n) is 12.1. The van der Waals surface area contributed by atoms with E-state index >= 15 is 0 Å². The highest BCUT2D eigenvalue weighted by Gasteiger charge is 2.46. The number of fused-ring (bicyclic) bond motifs is 1. The summed E-state index contributed by atoms with van der Waals surface area (Å²) in [6.07, 6.45) is -4.76. The van der Waals surface area contributed by atoms with Gasteiger partial charge in [-0.05, 0) is 12.5 Å². The van der Waals surface area contributed by atoms with E-state index in [1.54, 1.807) is 12.1 Å². The van der Waals surface area contributed by atoms with Gasteiger partial charge in [-0.3, -0.25) is 0 Å². The SMILES string of the molecule is Cc1ccc([C@@H]2C[C@H](C(F)(F)F)n3nc(C(=O)O)cc3N2)cc1. The van der Waals surface area contributed by atoms with Crippen LogP contribution in [0.15, 0.2) is 30.3 Å². The summed E-state index contributed by atoms with van der Waals surface area (Å²) in [5, 5.41) is 15.5. The van der Waals surface area contributed by atoms with Gasteiger partial charge in [-0.1, -0.05) is 29.8 Å². The molecule has 0 unspecified atom stereocenters. The molecule has 5 nitrogen and oxygen atoms in total. The summed E-state index contributed by atoms with van der Waals surface area (Å²) < 4.78 is 40.8. The van der Waals surface area contributed by atoms with Gasteiger partial charge in [-0.25, -0.2) is 9.48 Å². The van der Waals surface area contributed by atoms with E-state index in [4.69, 9.17) is 5.11 Å². The number of aromatic carboxylic acids is 1. The number of aromatic nitrogens is 2. The average Bonchev–Trinajstić information content (AvgIpc) is 2.90. The Hall–Kier alpha value is -2.51. The third-order valence-corrected chi connectivity index (χ3v) is 3.89. The molecule has 1 aliphatic heterocycles. The second-order valence-electron chi connectivity index (χ2n) is 5.57. The number of alkyl halides is 3. The van der Waals surface area contributed by atoms with E-state index < -0.39 is 29.9 Å². The van der Waals surface area contributed by atoms with Crippen molar-refractivity contribution in [2.24, 2.45) is 0 Å². The Morgan fingerprint density at radius 2 is 2.00 bits per heavy atom. The monoisotopic (exact) mass is 325 g/mol. The molecule has 122 valence electrons. The van der Waals surface area contributed by atoms with Crippen molar-refractivity contribution >= 4 is 11.8 Å². The molecule has 2 atom stereocenters. The number of hydrogen-bond acceptors (Lipinski definition) is 3. The lowest BCUT2D eigenvalue weighted by Crippen LogP contribution is -2.35. The van der Waals surface area contributed by atoms with Gasteiger partial charge in [0.2, 0.25) is 0 Å². The summed E-state index contributed by atoms with van der Waals surface area (Å²) in [7, 11) is 0. The predicted octanol–water partition coefficient (Wildman–Crippen LogP) is 3.55. The third-order valence-electron chi connectivity index (χ3n) is 3.89. The van der Waals surface area contributed by atoms with E-state index in [0.29, 0.717) is 10.2 Å². The number of aryl methyl sites for hydroxylation is 1. The van der Waals surface area contributed by atoms with Crippen molar-refractivity contribution in [2.45, 2.75) is 31.6 Å². The molecule has 8 heteroatoms. The fourth-order valence-electron chi connectivity index (χ4n) is 2.70. The average molecular weight is 325 g/mol. The van der Waals surface area contributed by atoms with Crippen molar-refractivity contribution in [3.8, 4) is 0 Å². The first-order valence-corrected chi connectivity index (χ1v) is 6.98. The Bertz CT molecular complexity index is 737. The zero-order valence-corrected chi connectivity index (χ0v) is 12.1. The van der Waals surface area contributed by atoms with Crippen LogP contribution in [0, 0.1) is 6.92 Å². The maximum atomic E-state index is 13.3. The lowest BCUT2D eigenvalue weighted by molar-refractivity contribution is -0.173. The molecule has 2 N–H and O–H groups in total. The van der Waals surface area contributed by atoms with Crippen molar-refractivity contribution in [2.75, 3.05) is 5.32 Å². The highest BCUT2D eigenvalue weighted by atomic mass is 19.4. The number of halogens is 3. The summed E-state index contributed by atoms with van der Waals surface area (Å²) in [4.78, 5) is 11.0. The number of carboxylic acids is 1. The minimum Gasteiger partial charge on any atom is -0.476 e. The first-order chi connectivity index (χ1) is 10.8. The van der Waals surface area contributed by atoms with Gasteiger partial charge >= 0.3 is 12.1 Å². The van der Waals surface area contributed by atoms with Gasteiger partial charge in [0.05, 0.1) is 6.04 Å². The Morgan fingerprint density at radius 1 is 1.35 bits per heavy atom. The second kappa shape index (κ2) is 5.29. The molecule has 0 saturated carbocycles. The molecule has 0 saturated heterocycles. The van der Waals surface area contributed by atoms with Crippen LogP contribution in [0.2, 0.25) is 0 Å². The number of carboxylic acid groups (broad SMARTS) is 1. The minimum atomic E-state index is -4.51.